The number of imidazole rings is 1. The molecule has 4 N–H and O–H groups in total. The molecular formula is C17H20N6O4. The number of hydrogen-bond donors (Lipinski definition) is 4. The predicted octanol–water partition coefficient (Wildman–Crippen LogP) is -0.513. The van der Waals surface area contributed by atoms with Crippen LogP contribution in [0.25, 0.3) is 11.2 Å². The van der Waals surface area contributed by atoms with Crippen LogP contribution in [-0.2, 0) is 11.2 Å². The van der Waals surface area contributed by atoms with Crippen LogP contribution in [0.5, 0.6) is 0 Å². The normalized spacial score (nSPS) is 25.1. The van der Waals surface area contributed by atoms with Crippen molar-refractivity contribution in [3.63, 3.8) is 0 Å². The van der Waals surface area contributed by atoms with Crippen LogP contribution < -0.4 is 5.32 Å². The van der Waals surface area contributed by atoms with E-state index in [-0.39, 0.29) is 0 Å². The molecule has 0 saturated carbocycles. The lowest BCUT2D eigenvalue weighted by Gasteiger charge is -2.16. The number of hydrogen-bond acceptors (Lipinski definition) is 9. The molecule has 142 valence electrons. The SMILES string of the molecule is OC[C@H]1OC(n2cnc3c(NCCc4cccnc4)ncnc32)[C@H](O)[C@@H]1O. The molecule has 3 aromatic rings. The Kier molecular flexibility index (Phi) is 4.94. The number of aliphatic hydroxyl groups excluding tert-OH is 3. The Morgan fingerprint density at radius 1 is 1.19 bits per heavy atom. The number of nitrogens with zero attached hydrogens (tertiary/aromatic N) is 5. The summed E-state index contributed by atoms with van der Waals surface area (Å²) in [5, 5.41) is 32.7. The second-order valence-electron chi connectivity index (χ2n) is 6.31. The molecule has 1 unspecified atom stereocenters. The zero-order chi connectivity index (χ0) is 18.8. The van der Waals surface area contributed by atoms with E-state index in [2.05, 4.69) is 25.3 Å². The first kappa shape index (κ1) is 17.7. The van der Waals surface area contributed by atoms with Crippen molar-refractivity contribution in [2.24, 2.45) is 0 Å². The highest BCUT2D eigenvalue weighted by Gasteiger charge is 2.44. The van der Waals surface area contributed by atoms with Crippen LogP contribution in [0, 0.1) is 0 Å². The largest absolute Gasteiger partial charge is 0.394 e. The zero-order valence-electron chi connectivity index (χ0n) is 14.4. The third kappa shape index (κ3) is 3.35. The van der Waals surface area contributed by atoms with E-state index in [0.29, 0.717) is 23.5 Å². The summed E-state index contributed by atoms with van der Waals surface area (Å²) in [6.45, 7) is 0.246. The third-order valence-corrected chi connectivity index (χ3v) is 4.58. The van der Waals surface area contributed by atoms with E-state index in [4.69, 9.17) is 4.74 Å². The second-order valence-corrected chi connectivity index (χ2v) is 6.31. The number of anilines is 1. The Labute approximate surface area is 154 Å². The molecule has 10 nitrogen and oxygen atoms in total. The molecule has 3 aromatic heterocycles. The third-order valence-electron chi connectivity index (χ3n) is 4.58. The minimum atomic E-state index is -1.20. The molecule has 0 aromatic carbocycles. The summed E-state index contributed by atoms with van der Waals surface area (Å²) in [5.74, 6) is 0.564. The molecule has 1 fully saturated rings. The van der Waals surface area contributed by atoms with Gasteiger partial charge in [0.15, 0.2) is 23.2 Å². The highest BCUT2D eigenvalue weighted by Crippen LogP contribution is 2.32. The van der Waals surface area contributed by atoms with E-state index >= 15 is 0 Å². The Bertz CT molecular complexity index is 905. The topological polar surface area (TPSA) is 138 Å². The van der Waals surface area contributed by atoms with Gasteiger partial charge in [0.1, 0.15) is 24.6 Å². The molecule has 4 heterocycles. The average Bonchev–Trinajstić information content (AvgIpc) is 3.25. The second kappa shape index (κ2) is 7.53. The maximum atomic E-state index is 10.2. The van der Waals surface area contributed by atoms with Crippen molar-refractivity contribution < 1.29 is 20.1 Å². The smallest absolute Gasteiger partial charge is 0.167 e. The molecule has 27 heavy (non-hydrogen) atoms. The van der Waals surface area contributed by atoms with Gasteiger partial charge in [0.05, 0.1) is 12.9 Å². The highest BCUT2D eigenvalue weighted by atomic mass is 16.6. The first-order valence-electron chi connectivity index (χ1n) is 8.62. The number of pyridine rings is 1. The van der Waals surface area contributed by atoms with Crippen molar-refractivity contribution >= 4 is 17.0 Å². The van der Waals surface area contributed by atoms with Crippen molar-refractivity contribution in [3.05, 3.63) is 42.7 Å². The Hall–Kier alpha value is -2.66. The fourth-order valence-electron chi connectivity index (χ4n) is 3.15. The summed E-state index contributed by atoms with van der Waals surface area (Å²) >= 11 is 0. The van der Waals surface area contributed by atoms with Gasteiger partial charge in [-0.2, -0.15) is 0 Å². The van der Waals surface area contributed by atoms with Gasteiger partial charge in [-0.3, -0.25) is 9.55 Å². The molecule has 1 saturated heterocycles. The molecule has 0 aliphatic carbocycles. The minimum absolute atomic E-state index is 0.391. The Balaban J connectivity index is 1.53. The molecule has 10 heteroatoms. The van der Waals surface area contributed by atoms with Gasteiger partial charge in [0.2, 0.25) is 0 Å². The van der Waals surface area contributed by atoms with Gasteiger partial charge in [-0.05, 0) is 18.1 Å². The minimum Gasteiger partial charge on any atom is -0.394 e. The molecule has 0 radical (unpaired) electrons. The molecule has 1 aliphatic heterocycles. The standard InChI is InChI=1S/C17H20N6O4/c24-7-11-13(25)14(26)17(27-11)23-9-22-12-15(20-8-21-16(12)23)19-5-3-10-2-1-4-18-6-10/h1-2,4,6,8-9,11,13-14,17,24-26H,3,5,7H2,(H,19,20,21)/t11-,13-,14-,17?/m1/s1. The Morgan fingerprint density at radius 2 is 2.07 bits per heavy atom. The summed E-state index contributed by atoms with van der Waals surface area (Å²) in [7, 11) is 0. The lowest BCUT2D eigenvalue weighted by atomic mass is 10.1. The lowest BCUT2D eigenvalue weighted by Crippen LogP contribution is -2.33. The monoisotopic (exact) mass is 372 g/mol. The molecule has 0 amide bonds. The number of rotatable bonds is 6. The zero-order valence-corrected chi connectivity index (χ0v) is 14.4. The van der Waals surface area contributed by atoms with Crippen LogP contribution in [0.4, 0.5) is 5.82 Å². The van der Waals surface area contributed by atoms with E-state index in [9.17, 15) is 15.3 Å². The van der Waals surface area contributed by atoms with E-state index < -0.39 is 31.1 Å². The number of fused-ring (bicyclic) bond motifs is 1. The van der Waals surface area contributed by atoms with Gasteiger partial charge in [-0.1, -0.05) is 6.07 Å². The number of aliphatic hydroxyl groups is 3. The number of ether oxygens (including phenoxy) is 1. The van der Waals surface area contributed by atoms with Crippen molar-refractivity contribution in [2.45, 2.75) is 31.0 Å². The predicted molar refractivity (Wildman–Crippen MR) is 94.8 cm³/mol. The molecule has 0 bridgehead atoms. The van der Waals surface area contributed by atoms with Gasteiger partial charge in [0.25, 0.3) is 0 Å². The van der Waals surface area contributed by atoms with Gasteiger partial charge in [-0.15, -0.1) is 0 Å². The maximum absolute atomic E-state index is 10.2. The van der Waals surface area contributed by atoms with Crippen LogP contribution in [0.3, 0.4) is 0 Å². The van der Waals surface area contributed by atoms with Gasteiger partial charge in [-0.25, -0.2) is 15.0 Å². The molecule has 1 aliphatic rings. The van der Waals surface area contributed by atoms with Crippen molar-refractivity contribution in [3.8, 4) is 0 Å². The van der Waals surface area contributed by atoms with Crippen LogP contribution in [-0.4, -0.2) is 71.3 Å². The van der Waals surface area contributed by atoms with Crippen LogP contribution in [0.1, 0.15) is 11.8 Å². The Morgan fingerprint density at radius 3 is 2.81 bits per heavy atom. The highest BCUT2D eigenvalue weighted by molar-refractivity contribution is 5.82. The average molecular weight is 372 g/mol. The summed E-state index contributed by atoms with van der Waals surface area (Å²) in [5.41, 5.74) is 2.09. The molecule has 0 spiro atoms. The molecular weight excluding hydrogens is 352 g/mol. The molecule has 4 rings (SSSR count). The summed E-state index contributed by atoms with van der Waals surface area (Å²) in [6, 6.07) is 3.89. The number of aromatic nitrogens is 5. The number of nitrogens with one attached hydrogen (secondary N) is 1. The summed E-state index contributed by atoms with van der Waals surface area (Å²) in [4.78, 5) is 16.9. The first-order valence-corrected chi connectivity index (χ1v) is 8.62. The first-order chi connectivity index (χ1) is 13.2. The van der Waals surface area contributed by atoms with Gasteiger partial charge in [0, 0.05) is 18.9 Å². The molecule has 4 atom stereocenters. The van der Waals surface area contributed by atoms with Crippen LogP contribution in [0.2, 0.25) is 0 Å². The van der Waals surface area contributed by atoms with Gasteiger partial charge >= 0.3 is 0 Å². The maximum Gasteiger partial charge on any atom is 0.167 e. The van der Waals surface area contributed by atoms with E-state index in [1.54, 1.807) is 6.20 Å². The fourth-order valence-corrected chi connectivity index (χ4v) is 3.15. The fraction of sp³-hybridized carbons (Fsp3) is 0.412. The van der Waals surface area contributed by atoms with E-state index in [1.807, 2.05) is 18.3 Å². The van der Waals surface area contributed by atoms with Crippen molar-refractivity contribution in [1.29, 1.82) is 0 Å². The summed E-state index contributed by atoms with van der Waals surface area (Å²) < 4.78 is 7.09. The van der Waals surface area contributed by atoms with Crippen molar-refractivity contribution in [1.82, 2.24) is 24.5 Å². The van der Waals surface area contributed by atoms with E-state index in [0.717, 1.165) is 12.0 Å². The summed E-state index contributed by atoms with van der Waals surface area (Å²) in [6.07, 6.45) is 3.06. The lowest BCUT2D eigenvalue weighted by molar-refractivity contribution is -0.0511. The van der Waals surface area contributed by atoms with Gasteiger partial charge < -0.3 is 25.4 Å². The van der Waals surface area contributed by atoms with Crippen LogP contribution >= 0.6 is 0 Å². The quantitative estimate of drug-likeness (QED) is 0.450. The van der Waals surface area contributed by atoms with Crippen LogP contribution in [0.15, 0.2) is 37.2 Å². The van der Waals surface area contributed by atoms with E-state index in [1.165, 1.54) is 17.2 Å². The van der Waals surface area contributed by atoms with Crippen molar-refractivity contribution in [2.75, 3.05) is 18.5 Å².